The summed E-state index contributed by atoms with van der Waals surface area (Å²) in [5, 5.41) is 0. The summed E-state index contributed by atoms with van der Waals surface area (Å²) >= 11 is 0. The molecule has 10 heavy (non-hydrogen) atoms. The SMILES string of the molecule is CC(C)=CC[N+](C)(C)C.[I-]. The molecule has 0 aromatic carbocycles. The second-order valence-electron chi connectivity index (χ2n) is 3.75. The van der Waals surface area contributed by atoms with E-state index in [1.165, 1.54) is 5.57 Å². The predicted octanol–water partition coefficient (Wildman–Crippen LogP) is -1.34. The van der Waals surface area contributed by atoms with E-state index < -0.39 is 0 Å². The van der Waals surface area contributed by atoms with Crippen LogP contribution in [0.2, 0.25) is 0 Å². The summed E-state index contributed by atoms with van der Waals surface area (Å²) in [4.78, 5) is 0. The molecular weight excluding hydrogens is 237 g/mol. The number of halogens is 1. The zero-order valence-corrected chi connectivity index (χ0v) is 9.77. The van der Waals surface area contributed by atoms with Crippen LogP contribution in [0.3, 0.4) is 0 Å². The van der Waals surface area contributed by atoms with Crippen molar-refractivity contribution in [1.82, 2.24) is 0 Å². The van der Waals surface area contributed by atoms with Gasteiger partial charge in [-0.25, -0.2) is 0 Å². The molecule has 0 rings (SSSR count). The third kappa shape index (κ3) is 11.3. The zero-order chi connectivity index (χ0) is 7.49. The van der Waals surface area contributed by atoms with Gasteiger partial charge < -0.3 is 28.5 Å². The Morgan fingerprint density at radius 3 is 1.70 bits per heavy atom. The topological polar surface area (TPSA) is 0 Å². The van der Waals surface area contributed by atoms with Crippen LogP contribution in [0.15, 0.2) is 11.6 Å². The standard InChI is InChI=1S/C8H18N.HI/c1-8(2)6-7-9(3,4)5;/h6H,7H2,1-5H3;1H/q+1;/p-1. The molecule has 0 aliphatic rings. The lowest BCUT2D eigenvalue weighted by atomic mass is 10.3. The van der Waals surface area contributed by atoms with Crippen molar-refractivity contribution < 1.29 is 28.5 Å². The number of likely N-dealkylation sites (N-methyl/N-ethyl adjacent to an activating group) is 1. The maximum atomic E-state index is 2.26. The quantitative estimate of drug-likeness (QED) is 0.325. The normalized spacial score (nSPS) is 10.1. The molecule has 0 radical (unpaired) electrons. The van der Waals surface area contributed by atoms with Gasteiger partial charge in [0.25, 0.3) is 0 Å². The fourth-order valence-corrected chi connectivity index (χ4v) is 0.456. The largest absolute Gasteiger partial charge is 1.00 e. The summed E-state index contributed by atoms with van der Waals surface area (Å²) in [5.74, 6) is 0. The summed E-state index contributed by atoms with van der Waals surface area (Å²) < 4.78 is 1.02. The van der Waals surface area contributed by atoms with E-state index in [2.05, 4.69) is 41.1 Å². The van der Waals surface area contributed by atoms with Crippen LogP contribution in [0.1, 0.15) is 13.8 Å². The number of allylic oxidation sites excluding steroid dienone is 1. The minimum absolute atomic E-state index is 0. The van der Waals surface area contributed by atoms with E-state index in [1.807, 2.05) is 0 Å². The van der Waals surface area contributed by atoms with Crippen LogP contribution in [0.25, 0.3) is 0 Å². The van der Waals surface area contributed by atoms with Gasteiger partial charge in [-0.05, 0) is 19.9 Å². The van der Waals surface area contributed by atoms with Crippen molar-refractivity contribution in [3.63, 3.8) is 0 Å². The highest BCUT2D eigenvalue weighted by Gasteiger charge is 2.01. The van der Waals surface area contributed by atoms with E-state index in [0.717, 1.165) is 11.0 Å². The van der Waals surface area contributed by atoms with Crippen molar-refractivity contribution in [2.24, 2.45) is 0 Å². The second kappa shape index (κ2) is 5.13. The Balaban J connectivity index is 0. The van der Waals surface area contributed by atoms with Gasteiger partial charge in [0, 0.05) is 0 Å². The maximum Gasteiger partial charge on any atom is 0.0969 e. The summed E-state index contributed by atoms with van der Waals surface area (Å²) in [6.07, 6.45) is 2.26. The van der Waals surface area contributed by atoms with Crippen LogP contribution in [0.5, 0.6) is 0 Å². The number of quaternary nitrogens is 1. The average Bonchev–Trinajstić information content (AvgIpc) is 1.59. The Kier molecular flexibility index (Phi) is 6.69. The molecule has 0 N–H and O–H groups in total. The summed E-state index contributed by atoms with van der Waals surface area (Å²) in [6.45, 7) is 5.40. The Labute approximate surface area is 81.7 Å². The summed E-state index contributed by atoms with van der Waals surface area (Å²) in [6, 6.07) is 0. The molecule has 2 heteroatoms. The van der Waals surface area contributed by atoms with E-state index in [0.29, 0.717) is 0 Å². The molecular formula is C8H18IN. The molecule has 1 nitrogen and oxygen atoms in total. The fourth-order valence-electron chi connectivity index (χ4n) is 0.456. The van der Waals surface area contributed by atoms with Crippen LogP contribution in [-0.2, 0) is 0 Å². The Morgan fingerprint density at radius 1 is 1.20 bits per heavy atom. The maximum absolute atomic E-state index is 2.26. The first-order valence-electron chi connectivity index (χ1n) is 3.35. The molecule has 0 atom stereocenters. The van der Waals surface area contributed by atoms with Crippen LogP contribution in [0, 0.1) is 0 Å². The minimum atomic E-state index is 0. The van der Waals surface area contributed by atoms with Crippen LogP contribution < -0.4 is 24.0 Å². The van der Waals surface area contributed by atoms with E-state index in [-0.39, 0.29) is 24.0 Å². The fraction of sp³-hybridized carbons (Fsp3) is 0.750. The van der Waals surface area contributed by atoms with Crippen LogP contribution in [0.4, 0.5) is 0 Å². The Morgan fingerprint density at radius 2 is 1.60 bits per heavy atom. The van der Waals surface area contributed by atoms with Crippen LogP contribution in [-0.4, -0.2) is 32.2 Å². The van der Waals surface area contributed by atoms with Crippen LogP contribution >= 0.6 is 0 Å². The Hall–Kier alpha value is 0.430. The molecule has 0 aromatic heterocycles. The van der Waals surface area contributed by atoms with Crippen molar-refractivity contribution in [3.8, 4) is 0 Å². The first-order chi connectivity index (χ1) is 3.92. The van der Waals surface area contributed by atoms with Crippen molar-refractivity contribution in [2.45, 2.75) is 13.8 Å². The van der Waals surface area contributed by atoms with E-state index in [1.54, 1.807) is 0 Å². The lowest BCUT2D eigenvalue weighted by Gasteiger charge is -2.21. The molecule has 0 amide bonds. The molecule has 0 aliphatic heterocycles. The smallest absolute Gasteiger partial charge is 0.0969 e. The van der Waals surface area contributed by atoms with Gasteiger partial charge in [-0.2, -0.15) is 0 Å². The first-order valence-corrected chi connectivity index (χ1v) is 3.35. The second-order valence-corrected chi connectivity index (χ2v) is 3.75. The summed E-state index contributed by atoms with van der Waals surface area (Å²) in [5.41, 5.74) is 1.41. The van der Waals surface area contributed by atoms with Gasteiger partial charge in [0.15, 0.2) is 0 Å². The molecule has 0 spiro atoms. The highest BCUT2D eigenvalue weighted by molar-refractivity contribution is 4.92. The number of hydrogen-bond acceptors (Lipinski definition) is 0. The highest BCUT2D eigenvalue weighted by Crippen LogP contribution is 1.94. The van der Waals surface area contributed by atoms with E-state index >= 15 is 0 Å². The van der Waals surface area contributed by atoms with E-state index in [4.69, 9.17) is 0 Å². The molecule has 0 aromatic rings. The molecule has 0 saturated heterocycles. The lowest BCUT2D eigenvalue weighted by Crippen LogP contribution is -3.00. The van der Waals surface area contributed by atoms with Crippen molar-refractivity contribution in [3.05, 3.63) is 11.6 Å². The van der Waals surface area contributed by atoms with Crippen molar-refractivity contribution in [2.75, 3.05) is 27.7 Å². The van der Waals surface area contributed by atoms with Gasteiger partial charge in [-0.15, -0.1) is 0 Å². The lowest BCUT2D eigenvalue weighted by molar-refractivity contribution is -0.864. The van der Waals surface area contributed by atoms with E-state index in [9.17, 15) is 0 Å². The number of nitrogens with zero attached hydrogens (tertiary/aromatic N) is 1. The first kappa shape index (κ1) is 13.1. The van der Waals surface area contributed by atoms with Crippen molar-refractivity contribution >= 4 is 0 Å². The zero-order valence-electron chi connectivity index (χ0n) is 7.61. The van der Waals surface area contributed by atoms with Gasteiger partial charge in [0.05, 0.1) is 27.7 Å². The predicted molar refractivity (Wildman–Crippen MR) is 42.3 cm³/mol. The third-order valence-electron chi connectivity index (χ3n) is 1.05. The highest BCUT2D eigenvalue weighted by atomic mass is 127. The van der Waals surface area contributed by atoms with Gasteiger partial charge in [0.1, 0.15) is 0 Å². The van der Waals surface area contributed by atoms with Crippen molar-refractivity contribution in [1.29, 1.82) is 0 Å². The van der Waals surface area contributed by atoms with Gasteiger partial charge in [-0.1, -0.05) is 5.57 Å². The minimum Gasteiger partial charge on any atom is -1.00 e. The van der Waals surface area contributed by atoms with Gasteiger partial charge >= 0.3 is 0 Å². The average molecular weight is 255 g/mol. The Bertz CT molecular complexity index is 107. The van der Waals surface area contributed by atoms with Gasteiger partial charge in [0.2, 0.25) is 0 Å². The molecule has 62 valence electrons. The summed E-state index contributed by atoms with van der Waals surface area (Å²) in [7, 11) is 6.58. The molecule has 0 unspecified atom stereocenters. The number of rotatable bonds is 2. The number of hydrogen-bond donors (Lipinski definition) is 0. The third-order valence-corrected chi connectivity index (χ3v) is 1.05. The monoisotopic (exact) mass is 255 g/mol. The molecule has 0 aliphatic carbocycles. The molecule has 0 bridgehead atoms. The van der Waals surface area contributed by atoms with Gasteiger partial charge in [-0.3, -0.25) is 0 Å². The molecule has 0 heterocycles. The molecule has 0 fully saturated rings. The molecule has 0 saturated carbocycles.